The van der Waals surface area contributed by atoms with Gasteiger partial charge < -0.3 is 15.2 Å². The zero-order chi connectivity index (χ0) is 20.6. The molecule has 0 radical (unpaired) electrons. The topological polar surface area (TPSA) is 75.3 Å². The minimum Gasteiger partial charge on any atom is -0.356 e. The maximum atomic E-state index is 5.27. The van der Waals surface area contributed by atoms with E-state index in [1.807, 2.05) is 0 Å². The minimum absolute atomic E-state index is 0. The molecule has 2 aromatic rings. The second-order valence-corrected chi connectivity index (χ2v) is 8.43. The van der Waals surface area contributed by atoms with Crippen molar-refractivity contribution < 1.29 is 4.52 Å². The largest absolute Gasteiger partial charge is 0.356 e. The number of guanidine groups is 1. The van der Waals surface area contributed by atoms with Crippen LogP contribution < -0.4 is 10.6 Å². The fourth-order valence-corrected chi connectivity index (χ4v) is 2.77. The highest BCUT2D eigenvalue weighted by molar-refractivity contribution is 14.0. The summed E-state index contributed by atoms with van der Waals surface area (Å²) in [5.74, 6) is 2.59. The van der Waals surface area contributed by atoms with Gasteiger partial charge in [-0.2, -0.15) is 4.98 Å². The van der Waals surface area contributed by atoms with Gasteiger partial charge in [0.1, 0.15) is 0 Å². The van der Waals surface area contributed by atoms with Crippen molar-refractivity contribution in [3.8, 4) is 0 Å². The molecule has 0 amide bonds. The van der Waals surface area contributed by atoms with Crippen molar-refractivity contribution in [1.82, 2.24) is 20.8 Å². The minimum atomic E-state index is 0. The first-order valence-electron chi connectivity index (χ1n) is 10.2. The van der Waals surface area contributed by atoms with Crippen LogP contribution in [0.2, 0.25) is 0 Å². The Kier molecular flexibility index (Phi) is 10.6. The first kappa shape index (κ1) is 25.4. The molecule has 0 saturated heterocycles. The van der Waals surface area contributed by atoms with Crippen LogP contribution in [0.3, 0.4) is 0 Å². The van der Waals surface area contributed by atoms with Gasteiger partial charge in [-0.3, -0.25) is 4.99 Å². The van der Waals surface area contributed by atoms with E-state index in [-0.39, 0.29) is 29.4 Å². The molecule has 7 heteroatoms. The average molecular weight is 513 g/mol. The van der Waals surface area contributed by atoms with E-state index < -0.39 is 0 Å². The molecule has 0 bridgehead atoms. The monoisotopic (exact) mass is 513 g/mol. The summed E-state index contributed by atoms with van der Waals surface area (Å²) < 4.78 is 5.27. The van der Waals surface area contributed by atoms with Gasteiger partial charge in [0, 0.05) is 32.5 Å². The van der Waals surface area contributed by atoms with E-state index in [1.165, 1.54) is 11.1 Å². The van der Waals surface area contributed by atoms with Crippen molar-refractivity contribution in [2.24, 2.45) is 4.99 Å². The van der Waals surface area contributed by atoms with Gasteiger partial charge in [-0.15, -0.1) is 24.0 Å². The van der Waals surface area contributed by atoms with Crippen LogP contribution in [0, 0.1) is 0 Å². The lowest BCUT2D eigenvalue weighted by molar-refractivity contribution is 0.368. The number of aryl methyl sites for hydroxylation is 1. The van der Waals surface area contributed by atoms with Gasteiger partial charge in [0.25, 0.3) is 0 Å². The maximum Gasteiger partial charge on any atom is 0.226 e. The van der Waals surface area contributed by atoms with Gasteiger partial charge in [-0.1, -0.05) is 64.0 Å². The molecule has 29 heavy (non-hydrogen) atoms. The molecule has 0 saturated carbocycles. The van der Waals surface area contributed by atoms with Crippen LogP contribution >= 0.6 is 24.0 Å². The summed E-state index contributed by atoms with van der Waals surface area (Å²) in [6.07, 6.45) is 2.64. The van der Waals surface area contributed by atoms with Gasteiger partial charge in [0.05, 0.1) is 0 Å². The Morgan fingerprint density at radius 2 is 1.72 bits per heavy atom. The lowest BCUT2D eigenvalue weighted by Gasteiger charge is -2.19. The molecule has 0 aliphatic heterocycles. The van der Waals surface area contributed by atoms with Crippen LogP contribution in [0.1, 0.15) is 69.8 Å². The van der Waals surface area contributed by atoms with E-state index >= 15 is 0 Å². The van der Waals surface area contributed by atoms with E-state index in [0.29, 0.717) is 11.8 Å². The Balaban J connectivity index is 0.00000420. The summed E-state index contributed by atoms with van der Waals surface area (Å²) in [5, 5.41) is 10.7. The number of rotatable bonds is 8. The first-order valence-corrected chi connectivity index (χ1v) is 10.2. The second-order valence-electron chi connectivity index (χ2n) is 8.43. The van der Waals surface area contributed by atoms with Crippen molar-refractivity contribution in [3.63, 3.8) is 0 Å². The molecule has 0 spiro atoms. The standard InChI is InChI=1S/C22H35N5O.HI/c1-16(2)20-26-19(28-27-20)8-7-14-24-21(23-6)25-15-13-17-9-11-18(12-10-17)22(3,4)5;/h9-12,16H,7-8,13-15H2,1-6H3,(H2,23,24,25);1H. The molecule has 1 aromatic heterocycles. The van der Waals surface area contributed by atoms with Crippen LogP contribution in [-0.2, 0) is 18.3 Å². The fraction of sp³-hybridized carbons (Fsp3) is 0.591. The van der Waals surface area contributed by atoms with E-state index in [4.69, 9.17) is 4.52 Å². The molecule has 0 fully saturated rings. The summed E-state index contributed by atoms with van der Waals surface area (Å²) in [4.78, 5) is 8.68. The van der Waals surface area contributed by atoms with Gasteiger partial charge in [0.15, 0.2) is 11.8 Å². The van der Waals surface area contributed by atoms with Crippen LogP contribution in [-0.4, -0.2) is 36.2 Å². The predicted molar refractivity (Wildman–Crippen MR) is 130 cm³/mol. The molecule has 1 aromatic carbocycles. The number of nitrogens with zero attached hydrogens (tertiary/aromatic N) is 3. The van der Waals surface area contributed by atoms with E-state index in [2.05, 4.69) is 84.7 Å². The predicted octanol–water partition coefficient (Wildman–Crippen LogP) is 4.45. The zero-order valence-corrected chi connectivity index (χ0v) is 20.9. The number of hydrogen-bond acceptors (Lipinski definition) is 4. The molecular formula is C22H36IN5O. The number of benzene rings is 1. The lowest BCUT2D eigenvalue weighted by atomic mass is 9.86. The van der Waals surface area contributed by atoms with Gasteiger partial charge in [0.2, 0.25) is 5.89 Å². The quantitative estimate of drug-likeness (QED) is 0.236. The van der Waals surface area contributed by atoms with Gasteiger partial charge >= 0.3 is 0 Å². The highest BCUT2D eigenvalue weighted by Crippen LogP contribution is 2.22. The number of halogens is 1. The summed E-state index contributed by atoms with van der Waals surface area (Å²) in [6.45, 7) is 12.5. The average Bonchev–Trinajstić information content (AvgIpc) is 3.12. The van der Waals surface area contributed by atoms with Crippen molar-refractivity contribution in [3.05, 3.63) is 47.1 Å². The van der Waals surface area contributed by atoms with Gasteiger partial charge in [-0.05, 0) is 29.4 Å². The van der Waals surface area contributed by atoms with Crippen LogP contribution in [0.15, 0.2) is 33.8 Å². The summed E-state index contributed by atoms with van der Waals surface area (Å²) >= 11 is 0. The molecule has 0 atom stereocenters. The number of aliphatic imine (C=N–C) groups is 1. The van der Waals surface area contributed by atoms with Crippen LogP contribution in [0.5, 0.6) is 0 Å². The smallest absolute Gasteiger partial charge is 0.226 e. The number of nitrogens with one attached hydrogen (secondary N) is 2. The molecular weight excluding hydrogens is 477 g/mol. The van der Waals surface area contributed by atoms with Gasteiger partial charge in [-0.25, -0.2) is 0 Å². The Bertz CT molecular complexity index is 747. The summed E-state index contributed by atoms with van der Waals surface area (Å²) in [7, 11) is 1.79. The zero-order valence-electron chi connectivity index (χ0n) is 18.6. The highest BCUT2D eigenvalue weighted by atomic mass is 127. The van der Waals surface area contributed by atoms with E-state index in [9.17, 15) is 0 Å². The molecule has 0 aliphatic rings. The van der Waals surface area contributed by atoms with E-state index in [0.717, 1.165) is 44.1 Å². The van der Waals surface area contributed by atoms with E-state index in [1.54, 1.807) is 7.05 Å². The number of aromatic nitrogens is 2. The third-order valence-corrected chi connectivity index (χ3v) is 4.61. The molecule has 0 unspecified atom stereocenters. The molecule has 2 rings (SSSR count). The van der Waals surface area contributed by atoms with Crippen LogP contribution in [0.25, 0.3) is 0 Å². The highest BCUT2D eigenvalue weighted by Gasteiger charge is 2.12. The molecule has 2 N–H and O–H groups in total. The third kappa shape index (κ3) is 8.72. The van der Waals surface area contributed by atoms with Crippen molar-refractivity contribution in [2.45, 2.75) is 65.2 Å². The summed E-state index contributed by atoms with van der Waals surface area (Å²) in [6, 6.07) is 8.89. The second kappa shape index (κ2) is 12.1. The third-order valence-electron chi connectivity index (χ3n) is 4.61. The van der Waals surface area contributed by atoms with Crippen molar-refractivity contribution in [2.75, 3.05) is 20.1 Å². The summed E-state index contributed by atoms with van der Waals surface area (Å²) in [5.41, 5.74) is 2.89. The Labute approximate surface area is 192 Å². The normalized spacial score (nSPS) is 12.0. The number of hydrogen-bond donors (Lipinski definition) is 2. The molecule has 1 heterocycles. The Morgan fingerprint density at radius 3 is 2.28 bits per heavy atom. The fourth-order valence-electron chi connectivity index (χ4n) is 2.77. The maximum absolute atomic E-state index is 5.27. The Morgan fingerprint density at radius 1 is 1.07 bits per heavy atom. The molecule has 0 aliphatic carbocycles. The Hall–Kier alpha value is -1.64. The van der Waals surface area contributed by atoms with Crippen molar-refractivity contribution in [1.29, 1.82) is 0 Å². The SMILES string of the molecule is CN=C(NCCCc1nc(C(C)C)no1)NCCc1ccc(C(C)(C)C)cc1.I. The van der Waals surface area contributed by atoms with Crippen LogP contribution in [0.4, 0.5) is 0 Å². The lowest BCUT2D eigenvalue weighted by Crippen LogP contribution is -2.38. The van der Waals surface area contributed by atoms with Crippen molar-refractivity contribution >= 4 is 29.9 Å². The first-order chi connectivity index (χ1) is 13.3. The molecule has 6 nitrogen and oxygen atoms in total. The molecule has 162 valence electrons.